The smallest absolute Gasteiger partial charge is 0.302 e. The van der Waals surface area contributed by atoms with Crippen LogP contribution in [0, 0.1) is 0 Å². The van der Waals surface area contributed by atoms with Crippen LogP contribution in [0.25, 0.3) is 0 Å². The van der Waals surface area contributed by atoms with Crippen LogP contribution in [0.4, 0.5) is 0 Å². The Morgan fingerprint density at radius 1 is 0.271 bits per heavy atom. The first-order valence-corrected chi connectivity index (χ1v) is 21.3. The van der Waals surface area contributed by atoms with Crippen LogP contribution in [-0.2, 0) is 19.1 Å². The molecule has 4 nitrogen and oxygen atoms in total. The summed E-state index contributed by atoms with van der Waals surface area (Å²) < 4.78 is 8.81. The average Bonchev–Trinajstić information content (AvgIpc) is 3.08. The Kier molecular flexibility index (Phi) is 116. The van der Waals surface area contributed by atoms with E-state index in [-0.39, 0.29) is 11.9 Å². The van der Waals surface area contributed by atoms with Crippen LogP contribution in [0.5, 0.6) is 0 Å². The molecule has 48 heavy (non-hydrogen) atoms. The molecule has 300 valence electrons. The highest BCUT2D eigenvalue weighted by Crippen LogP contribution is 1.98. The summed E-state index contributed by atoms with van der Waals surface area (Å²) in [5, 5.41) is 0. The first-order chi connectivity index (χ1) is 23.0. The molecule has 0 unspecified atom stereocenters. The lowest BCUT2D eigenvalue weighted by molar-refractivity contribution is -0.141. The van der Waals surface area contributed by atoms with Gasteiger partial charge in [-0.1, -0.05) is 237 Å². The highest BCUT2D eigenvalue weighted by molar-refractivity contribution is 5.66. The lowest BCUT2D eigenvalue weighted by atomic mass is 10.2. The molecule has 0 aromatic carbocycles. The summed E-state index contributed by atoms with van der Waals surface area (Å²) in [6.45, 7) is 34.1. The van der Waals surface area contributed by atoms with Gasteiger partial charge < -0.3 is 9.47 Å². The molecular weight excluding hydrogens is 592 g/mol. The number of esters is 2. The zero-order chi connectivity index (χ0) is 39.0. The van der Waals surface area contributed by atoms with E-state index in [4.69, 9.17) is 0 Å². The second-order valence-corrected chi connectivity index (χ2v) is 12.1. The van der Waals surface area contributed by atoms with Gasteiger partial charge in [0.25, 0.3) is 0 Å². The fraction of sp³-hybridized carbons (Fsp3) is 0.955. The Bertz CT molecular complexity index is 336. The molecule has 0 aliphatic heterocycles. The minimum absolute atomic E-state index is 0.211. The maximum Gasteiger partial charge on any atom is 0.302 e. The summed E-state index contributed by atoms with van der Waals surface area (Å²) in [5.41, 5.74) is 0. The minimum atomic E-state index is -0.211. The maximum atomic E-state index is 9.82. The van der Waals surface area contributed by atoms with Gasteiger partial charge in [-0.2, -0.15) is 0 Å². The molecule has 0 rings (SSSR count). The van der Waals surface area contributed by atoms with Crippen LogP contribution in [0.15, 0.2) is 0 Å². The highest BCUT2D eigenvalue weighted by atomic mass is 16.5. The number of carbonyl (C=O) groups excluding carboxylic acids is 2. The molecule has 4 heteroatoms. The van der Waals surface area contributed by atoms with Gasteiger partial charge in [0.2, 0.25) is 0 Å². The molecule has 0 heterocycles. The predicted octanol–water partition coefficient (Wildman–Crippen LogP) is 16.7. The first kappa shape index (κ1) is 65.3. The van der Waals surface area contributed by atoms with E-state index in [1.807, 2.05) is 0 Å². The summed E-state index contributed by atoms with van der Waals surface area (Å²) in [7, 11) is 0. The quantitative estimate of drug-likeness (QED) is 0.0941. The molecular formula is C44H100O4. The molecule has 0 saturated carbocycles. The van der Waals surface area contributed by atoms with Gasteiger partial charge in [0.15, 0.2) is 0 Å². The van der Waals surface area contributed by atoms with Crippen LogP contribution in [-0.4, -0.2) is 25.2 Å². The minimum Gasteiger partial charge on any atom is -0.466 e. The Morgan fingerprint density at radius 3 is 0.396 bits per heavy atom. The van der Waals surface area contributed by atoms with E-state index in [2.05, 4.69) is 92.6 Å². The van der Waals surface area contributed by atoms with Crippen LogP contribution in [0.2, 0.25) is 0 Å². The van der Waals surface area contributed by atoms with Crippen molar-refractivity contribution in [3.63, 3.8) is 0 Å². The second-order valence-electron chi connectivity index (χ2n) is 12.1. The topological polar surface area (TPSA) is 52.6 Å². The van der Waals surface area contributed by atoms with Crippen molar-refractivity contribution in [2.45, 2.75) is 265 Å². The Labute approximate surface area is 308 Å². The van der Waals surface area contributed by atoms with Crippen molar-refractivity contribution in [1.82, 2.24) is 0 Å². The number of carbonyl (C=O) groups is 2. The Balaban J connectivity index is -0.0000000635. The van der Waals surface area contributed by atoms with Gasteiger partial charge in [-0.25, -0.2) is 0 Å². The van der Waals surface area contributed by atoms with Crippen molar-refractivity contribution in [2.24, 2.45) is 0 Å². The van der Waals surface area contributed by atoms with E-state index < -0.39 is 0 Å². The lowest BCUT2D eigenvalue weighted by Crippen LogP contribution is -1.95. The van der Waals surface area contributed by atoms with E-state index in [0.29, 0.717) is 13.2 Å². The summed E-state index contributed by atoms with van der Waals surface area (Å²) >= 11 is 0. The molecule has 0 aliphatic rings. The van der Waals surface area contributed by atoms with E-state index >= 15 is 0 Å². The largest absolute Gasteiger partial charge is 0.466 e. The Hall–Kier alpha value is -1.06. The fourth-order valence-corrected chi connectivity index (χ4v) is 3.41. The van der Waals surface area contributed by atoms with Gasteiger partial charge in [0, 0.05) is 13.8 Å². The third-order valence-corrected chi connectivity index (χ3v) is 6.44. The zero-order valence-electron chi connectivity index (χ0n) is 37.0. The third-order valence-electron chi connectivity index (χ3n) is 6.44. The van der Waals surface area contributed by atoms with Crippen LogP contribution in [0.1, 0.15) is 265 Å². The van der Waals surface area contributed by atoms with Crippen LogP contribution in [0.3, 0.4) is 0 Å². The van der Waals surface area contributed by atoms with E-state index in [9.17, 15) is 9.59 Å². The van der Waals surface area contributed by atoms with Crippen molar-refractivity contribution in [1.29, 1.82) is 0 Å². The molecule has 0 aromatic heterocycles. The third kappa shape index (κ3) is 165. The van der Waals surface area contributed by atoms with Crippen molar-refractivity contribution in [3.8, 4) is 0 Å². The normalized spacial score (nSPS) is 8.67. The molecule has 0 amide bonds. The Morgan fingerprint density at radius 2 is 0.375 bits per heavy atom. The number of rotatable bonds is 20. The molecule has 0 aromatic rings. The number of hydrogen-bond donors (Lipinski definition) is 0. The van der Waals surface area contributed by atoms with Crippen molar-refractivity contribution in [2.75, 3.05) is 13.2 Å². The van der Waals surface area contributed by atoms with Crippen molar-refractivity contribution in [3.05, 3.63) is 0 Å². The number of ether oxygens (including phenoxy) is 2. The second kappa shape index (κ2) is 85.5. The van der Waals surface area contributed by atoms with Gasteiger partial charge in [-0.15, -0.1) is 0 Å². The fourth-order valence-electron chi connectivity index (χ4n) is 3.41. The van der Waals surface area contributed by atoms with Gasteiger partial charge in [0.1, 0.15) is 0 Å². The molecule has 0 spiro atoms. The maximum absolute atomic E-state index is 9.82. The monoisotopic (exact) mass is 693 g/mol. The molecule has 0 saturated heterocycles. The average molecular weight is 693 g/mol. The van der Waals surface area contributed by atoms with Gasteiger partial charge in [0.05, 0.1) is 13.2 Å². The SMILES string of the molecule is CCCCCC.CCCCCC.CCCCCC.CCCCCC.CCCCCC.CCCCCC.CCOC(C)=O.CCOC(C)=O. The molecule has 0 atom stereocenters. The summed E-state index contributed by atoms with van der Waals surface area (Å²) in [6, 6.07) is 0. The number of unbranched alkanes of at least 4 members (excludes halogenated alkanes) is 18. The lowest BCUT2D eigenvalue weighted by Gasteiger charge is -1.89. The molecule has 0 aliphatic carbocycles. The van der Waals surface area contributed by atoms with Crippen molar-refractivity contribution < 1.29 is 19.1 Å². The van der Waals surface area contributed by atoms with Gasteiger partial charge in [-0.3, -0.25) is 9.59 Å². The zero-order valence-corrected chi connectivity index (χ0v) is 37.0. The first-order valence-electron chi connectivity index (χ1n) is 21.3. The summed E-state index contributed by atoms with van der Waals surface area (Å²) in [6.07, 6.45) is 33.2. The standard InChI is InChI=1S/6C6H14.2C4H8O2/c6*1-3-5-6-4-2;2*1-3-6-4(2)5/h6*3-6H2,1-2H3;2*3H2,1-2H3. The van der Waals surface area contributed by atoms with E-state index in [0.717, 1.165) is 0 Å². The highest BCUT2D eigenvalue weighted by Gasteiger charge is 1.82. The molecule has 0 N–H and O–H groups in total. The van der Waals surface area contributed by atoms with Crippen molar-refractivity contribution >= 4 is 11.9 Å². The molecule has 0 radical (unpaired) electrons. The molecule has 0 fully saturated rings. The van der Waals surface area contributed by atoms with Crippen LogP contribution < -0.4 is 0 Å². The van der Waals surface area contributed by atoms with E-state index in [1.54, 1.807) is 13.8 Å². The summed E-state index contributed by atoms with van der Waals surface area (Å²) in [5.74, 6) is -0.421. The van der Waals surface area contributed by atoms with Crippen LogP contribution >= 0.6 is 0 Å². The van der Waals surface area contributed by atoms with Gasteiger partial charge >= 0.3 is 11.9 Å². The predicted molar refractivity (Wildman–Crippen MR) is 224 cm³/mol. The summed E-state index contributed by atoms with van der Waals surface area (Å²) in [4.78, 5) is 19.6. The van der Waals surface area contributed by atoms with E-state index in [1.165, 1.54) is 168 Å². The number of hydrogen-bond acceptors (Lipinski definition) is 4. The van der Waals surface area contributed by atoms with Gasteiger partial charge in [-0.05, 0) is 13.8 Å². The molecule has 0 bridgehead atoms.